The largest absolute Gasteiger partial charge is 0.507 e. The number of methoxy groups -OCH3 is 1. The number of halogens is 2. The quantitative estimate of drug-likeness (QED) is 0.350. The zero-order chi connectivity index (χ0) is 22.1. The molecule has 31 heavy (non-hydrogen) atoms. The lowest BCUT2D eigenvalue weighted by atomic mass is 9.94. The van der Waals surface area contributed by atoms with Gasteiger partial charge in [0.05, 0.1) is 18.7 Å². The Bertz CT molecular complexity index is 1190. The van der Waals surface area contributed by atoms with E-state index in [0.717, 1.165) is 0 Å². The van der Waals surface area contributed by atoms with Crippen LogP contribution in [0.5, 0.6) is 5.75 Å². The fraction of sp³-hybridized carbons (Fsp3) is 0.0833. The van der Waals surface area contributed by atoms with Gasteiger partial charge in [-0.25, -0.2) is 4.39 Å². The van der Waals surface area contributed by atoms with Gasteiger partial charge in [-0.3, -0.25) is 14.5 Å². The second-order valence-corrected chi connectivity index (χ2v) is 7.33. The van der Waals surface area contributed by atoms with Crippen LogP contribution in [0.2, 0.25) is 5.02 Å². The van der Waals surface area contributed by atoms with E-state index in [1.807, 2.05) is 0 Å². The van der Waals surface area contributed by atoms with Crippen molar-refractivity contribution in [3.8, 4) is 5.75 Å². The highest BCUT2D eigenvalue weighted by atomic mass is 35.5. The molecular weight excluding hydrogens is 421 g/mol. The third-order valence-electron chi connectivity index (χ3n) is 5.10. The average molecular weight is 438 g/mol. The normalized spacial score (nSPS) is 17.8. The molecule has 0 aromatic heterocycles. The lowest BCUT2D eigenvalue weighted by molar-refractivity contribution is -0.132. The van der Waals surface area contributed by atoms with Crippen molar-refractivity contribution in [3.63, 3.8) is 0 Å². The number of nitrogens with zero attached hydrogens (tertiary/aromatic N) is 1. The van der Waals surface area contributed by atoms with E-state index in [-0.39, 0.29) is 11.3 Å². The van der Waals surface area contributed by atoms with Crippen molar-refractivity contribution in [2.24, 2.45) is 0 Å². The van der Waals surface area contributed by atoms with Gasteiger partial charge < -0.3 is 9.84 Å². The second-order valence-electron chi connectivity index (χ2n) is 6.89. The van der Waals surface area contributed by atoms with Crippen LogP contribution in [-0.4, -0.2) is 23.9 Å². The Kier molecular flexibility index (Phi) is 5.48. The van der Waals surface area contributed by atoms with Crippen molar-refractivity contribution >= 4 is 34.7 Å². The number of hydrogen-bond acceptors (Lipinski definition) is 4. The summed E-state index contributed by atoms with van der Waals surface area (Å²) in [5, 5.41) is 11.5. The highest BCUT2D eigenvalue weighted by molar-refractivity contribution is 6.51. The molecule has 1 amide bonds. The van der Waals surface area contributed by atoms with E-state index in [1.54, 1.807) is 48.5 Å². The van der Waals surface area contributed by atoms with E-state index >= 15 is 0 Å². The fourth-order valence-electron chi connectivity index (χ4n) is 3.65. The Labute approximate surface area is 182 Å². The number of para-hydroxylation sites is 1. The molecule has 0 aliphatic carbocycles. The van der Waals surface area contributed by atoms with Crippen molar-refractivity contribution in [2.75, 3.05) is 12.0 Å². The van der Waals surface area contributed by atoms with Crippen molar-refractivity contribution in [1.29, 1.82) is 0 Å². The molecule has 1 aliphatic heterocycles. The SMILES string of the molecule is COc1ccccc1C1C(=C(O)c2ccc(Cl)cc2)C(=O)C(=O)N1c1ccc(F)cc1. The van der Waals surface area contributed by atoms with Crippen molar-refractivity contribution in [3.05, 3.63) is 100 Å². The fourth-order valence-corrected chi connectivity index (χ4v) is 3.78. The molecule has 0 spiro atoms. The van der Waals surface area contributed by atoms with E-state index in [9.17, 15) is 19.1 Å². The first-order valence-electron chi connectivity index (χ1n) is 9.38. The smallest absolute Gasteiger partial charge is 0.300 e. The predicted molar refractivity (Wildman–Crippen MR) is 116 cm³/mol. The van der Waals surface area contributed by atoms with Gasteiger partial charge in [0.25, 0.3) is 11.7 Å². The average Bonchev–Trinajstić information content (AvgIpc) is 3.05. The van der Waals surface area contributed by atoms with Gasteiger partial charge in [-0.2, -0.15) is 0 Å². The van der Waals surface area contributed by atoms with Crippen LogP contribution in [0.3, 0.4) is 0 Å². The Morgan fingerprint density at radius 3 is 2.29 bits per heavy atom. The lowest BCUT2D eigenvalue weighted by Crippen LogP contribution is -2.29. The van der Waals surface area contributed by atoms with Gasteiger partial charge in [-0.1, -0.05) is 29.8 Å². The number of rotatable bonds is 4. The number of ether oxygens (including phenoxy) is 1. The Morgan fingerprint density at radius 1 is 1.00 bits per heavy atom. The monoisotopic (exact) mass is 437 g/mol. The number of aliphatic hydroxyl groups is 1. The van der Waals surface area contributed by atoms with Crippen LogP contribution in [0.25, 0.3) is 5.76 Å². The van der Waals surface area contributed by atoms with E-state index in [2.05, 4.69) is 0 Å². The molecule has 1 fully saturated rings. The molecule has 3 aromatic rings. The number of hydrogen-bond donors (Lipinski definition) is 1. The number of anilines is 1. The van der Waals surface area contributed by atoms with E-state index in [4.69, 9.17) is 16.3 Å². The number of carbonyl (C=O) groups is 2. The zero-order valence-electron chi connectivity index (χ0n) is 16.4. The van der Waals surface area contributed by atoms with Gasteiger partial charge >= 0.3 is 0 Å². The Hall–Kier alpha value is -3.64. The van der Waals surface area contributed by atoms with Crippen LogP contribution in [0.1, 0.15) is 17.2 Å². The highest BCUT2D eigenvalue weighted by Gasteiger charge is 2.47. The summed E-state index contributed by atoms with van der Waals surface area (Å²) in [6.07, 6.45) is 0. The maximum absolute atomic E-state index is 13.5. The first-order valence-corrected chi connectivity index (χ1v) is 9.75. The van der Waals surface area contributed by atoms with Crippen LogP contribution in [0, 0.1) is 5.82 Å². The molecule has 3 aromatic carbocycles. The van der Waals surface area contributed by atoms with Gasteiger partial charge in [0, 0.05) is 21.8 Å². The zero-order valence-corrected chi connectivity index (χ0v) is 17.1. The van der Waals surface area contributed by atoms with Crippen LogP contribution in [0.4, 0.5) is 10.1 Å². The lowest BCUT2D eigenvalue weighted by Gasteiger charge is -2.26. The maximum Gasteiger partial charge on any atom is 0.300 e. The van der Waals surface area contributed by atoms with E-state index < -0.39 is 23.5 Å². The number of ketones is 1. The molecule has 1 heterocycles. The van der Waals surface area contributed by atoms with Crippen LogP contribution in [-0.2, 0) is 9.59 Å². The predicted octanol–water partition coefficient (Wildman–Crippen LogP) is 5.11. The van der Waals surface area contributed by atoms with Crippen molar-refractivity contribution in [1.82, 2.24) is 0 Å². The summed E-state index contributed by atoms with van der Waals surface area (Å²) in [5.74, 6) is -2.07. The number of benzene rings is 3. The van der Waals surface area contributed by atoms with Crippen molar-refractivity contribution < 1.29 is 23.8 Å². The molecule has 5 nitrogen and oxygen atoms in total. The van der Waals surface area contributed by atoms with Gasteiger partial charge in [-0.15, -0.1) is 0 Å². The topological polar surface area (TPSA) is 66.8 Å². The molecule has 0 radical (unpaired) electrons. The minimum Gasteiger partial charge on any atom is -0.507 e. The molecule has 1 saturated heterocycles. The van der Waals surface area contributed by atoms with Crippen LogP contribution < -0.4 is 9.64 Å². The number of carbonyl (C=O) groups excluding carboxylic acids is 2. The standard InChI is InChI=1S/C24H17ClFNO4/c1-31-19-5-3-2-4-18(19)21-20(22(28)14-6-8-15(25)9-7-14)23(29)24(30)27(21)17-12-10-16(26)11-13-17/h2-13,21,28H,1H3. The first kappa shape index (κ1) is 20.6. The molecular formula is C24H17ClFNO4. The van der Waals surface area contributed by atoms with E-state index in [0.29, 0.717) is 27.6 Å². The summed E-state index contributed by atoms with van der Waals surface area (Å²) < 4.78 is 18.9. The third-order valence-corrected chi connectivity index (χ3v) is 5.35. The summed E-state index contributed by atoms with van der Waals surface area (Å²) in [4.78, 5) is 27.4. The van der Waals surface area contributed by atoms with Gasteiger partial charge in [0.2, 0.25) is 0 Å². The van der Waals surface area contributed by atoms with Gasteiger partial charge in [0.1, 0.15) is 17.3 Å². The third kappa shape index (κ3) is 3.66. The summed E-state index contributed by atoms with van der Waals surface area (Å²) in [5.41, 5.74) is 1.06. The van der Waals surface area contributed by atoms with Gasteiger partial charge in [-0.05, 0) is 54.6 Å². The molecule has 4 rings (SSSR count). The summed E-state index contributed by atoms with van der Waals surface area (Å²) >= 11 is 5.93. The molecule has 1 atom stereocenters. The summed E-state index contributed by atoms with van der Waals surface area (Å²) in [6, 6.07) is 17.4. The number of amides is 1. The maximum atomic E-state index is 13.5. The Morgan fingerprint density at radius 2 is 1.65 bits per heavy atom. The molecule has 0 bridgehead atoms. The highest BCUT2D eigenvalue weighted by Crippen LogP contribution is 2.44. The molecule has 1 N–H and O–H groups in total. The number of Topliss-reactive ketones (excluding diaryl/α,β-unsaturated/α-hetero) is 1. The first-order chi connectivity index (χ1) is 14.9. The molecule has 0 saturated carbocycles. The Balaban J connectivity index is 1.97. The second kappa shape index (κ2) is 8.24. The van der Waals surface area contributed by atoms with Crippen LogP contribution >= 0.6 is 11.6 Å². The molecule has 1 unspecified atom stereocenters. The summed E-state index contributed by atoms with van der Waals surface area (Å²) in [7, 11) is 1.47. The van der Waals surface area contributed by atoms with Crippen LogP contribution in [0.15, 0.2) is 78.4 Å². The van der Waals surface area contributed by atoms with Gasteiger partial charge in [0.15, 0.2) is 0 Å². The van der Waals surface area contributed by atoms with E-state index in [1.165, 1.54) is 36.3 Å². The molecule has 7 heteroatoms. The van der Waals surface area contributed by atoms with Crippen molar-refractivity contribution in [2.45, 2.75) is 6.04 Å². The summed E-state index contributed by atoms with van der Waals surface area (Å²) in [6.45, 7) is 0. The molecule has 1 aliphatic rings. The minimum absolute atomic E-state index is 0.0962. The number of aliphatic hydroxyl groups excluding tert-OH is 1. The minimum atomic E-state index is -0.975. The molecule has 156 valence electrons.